The summed E-state index contributed by atoms with van der Waals surface area (Å²) in [6, 6.07) is 14.4. The highest BCUT2D eigenvalue weighted by molar-refractivity contribution is 5.93. The third kappa shape index (κ3) is 2.64. The van der Waals surface area contributed by atoms with Crippen molar-refractivity contribution in [3.63, 3.8) is 0 Å². The van der Waals surface area contributed by atoms with Crippen LogP contribution in [0.3, 0.4) is 0 Å². The first-order valence-corrected chi connectivity index (χ1v) is 6.35. The van der Waals surface area contributed by atoms with E-state index >= 15 is 0 Å². The highest BCUT2D eigenvalue weighted by Crippen LogP contribution is 2.17. The number of rotatable bonds is 3. The van der Waals surface area contributed by atoms with Crippen LogP contribution in [0.25, 0.3) is 10.9 Å². The summed E-state index contributed by atoms with van der Waals surface area (Å²) in [5.74, 6) is 0.0297. The van der Waals surface area contributed by atoms with Gasteiger partial charge in [-0.2, -0.15) is 0 Å². The van der Waals surface area contributed by atoms with Gasteiger partial charge in [0.05, 0.1) is 6.42 Å². The van der Waals surface area contributed by atoms with E-state index in [4.69, 9.17) is 0 Å². The molecular weight excluding hydrogens is 252 g/mol. The van der Waals surface area contributed by atoms with E-state index in [0.717, 1.165) is 16.5 Å². The van der Waals surface area contributed by atoms with Crippen LogP contribution in [0.1, 0.15) is 5.56 Å². The maximum Gasteiger partial charge on any atom is 0.228 e. The highest BCUT2D eigenvalue weighted by Gasteiger charge is 2.05. The average molecular weight is 266 g/mol. The number of phenols is 1. The summed E-state index contributed by atoms with van der Waals surface area (Å²) < 4.78 is 0. The molecule has 3 rings (SSSR count). The lowest BCUT2D eigenvalue weighted by Crippen LogP contribution is -2.14. The highest BCUT2D eigenvalue weighted by atomic mass is 16.3. The number of phenolic OH excluding ortho intramolecular Hbond substituents is 1. The molecule has 0 aliphatic carbocycles. The fourth-order valence-corrected chi connectivity index (χ4v) is 2.19. The van der Waals surface area contributed by atoms with Crippen molar-refractivity contribution in [3.8, 4) is 5.75 Å². The maximum atomic E-state index is 12.0. The van der Waals surface area contributed by atoms with Crippen LogP contribution in [-0.4, -0.2) is 16.0 Å². The summed E-state index contributed by atoms with van der Waals surface area (Å²) in [5, 5.41) is 13.2. The number of aromatic nitrogens is 1. The standard InChI is InChI=1S/C16H14N2O2/c19-14-3-1-2-13(10-14)18-16(20)9-11-4-5-15-12(8-11)6-7-17-15/h1-8,10,17,19H,9H2,(H,18,20). The number of hydrogen-bond acceptors (Lipinski definition) is 2. The second kappa shape index (κ2) is 5.09. The Labute approximate surface area is 116 Å². The molecular formula is C16H14N2O2. The molecule has 1 amide bonds. The van der Waals surface area contributed by atoms with Crippen molar-refractivity contribution in [2.24, 2.45) is 0 Å². The average Bonchev–Trinajstić information content (AvgIpc) is 2.86. The molecule has 1 aromatic heterocycles. The predicted molar refractivity (Wildman–Crippen MR) is 78.7 cm³/mol. The minimum absolute atomic E-state index is 0.106. The molecule has 100 valence electrons. The molecule has 0 aliphatic rings. The molecule has 2 aromatic carbocycles. The molecule has 1 heterocycles. The van der Waals surface area contributed by atoms with E-state index in [2.05, 4.69) is 10.3 Å². The quantitative estimate of drug-likeness (QED) is 0.682. The first-order chi connectivity index (χ1) is 9.70. The van der Waals surface area contributed by atoms with Crippen LogP contribution in [0, 0.1) is 0 Å². The minimum atomic E-state index is -0.106. The third-order valence-corrected chi connectivity index (χ3v) is 3.11. The molecule has 0 atom stereocenters. The van der Waals surface area contributed by atoms with Crippen LogP contribution in [0.4, 0.5) is 5.69 Å². The monoisotopic (exact) mass is 266 g/mol. The number of nitrogens with one attached hydrogen (secondary N) is 2. The van der Waals surface area contributed by atoms with Gasteiger partial charge in [0, 0.05) is 23.5 Å². The van der Waals surface area contributed by atoms with Crippen molar-refractivity contribution in [1.82, 2.24) is 4.98 Å². The fraction of sp³-hybridized carbons (Fsp3) is 0.0625. The van der Waals surface area contributed by atoms with Gasteiger partial charge in [-0.25, -0.2) is 0 Å². The van der Waals surface area contributed by atoms with Crippen LogP contribution in [0.5, 0.6) is 5.75 Å². The summed E-state index contributed by atoms with van der Waals surface area (Å²) in [4.78, 5) is 15.1. The Hall–Kier alpha value is -2.75. The SMILES string of the molecule is O=C(Cc1ccc2[nH]ccc2c1)Nc1cccc(O)c1. The lowest BCUT2D eigenvalue weighted by molar-refractivity contribution is -0.115. The minimum Gasteiger partial charge on any atom is -0.508 e. The molecule has 0 fully saturated rings. The zero-order valence-corrected chi connectivity index (χ0v) is 10.8. The number of aromatic amines is 1. The van der Waals surface area contributed by atoms with Gasteiger partial charge in [-0.15, -0.1) is 0 Å². The number of benzene rings is 2. The Bertz CT molecular complexity index is 762. The number of hydrogen-bond donors (Lipinski definition) is 3. The zero-order valence-electron chi connectivity index (χ0n) is 10.8. The van der Waals surface area contributed by atoms with Crippen LogP contribution < -0.4 is 5.32 Å². The van der Waals surface area contributed by atoms with Gasteiger partial charge in [-0.3, -0.25) is 4.79 Å². The second-order valence-electron chi connectivity index (χ2n) is 4.67. The van der Waals surface area contributed by atoms with E-state index < -0.39 is 0 Å². The molecule has 3 aromatic rings. The summed E-state index contributed by atoms with van der Waals surface area (Å²) in [7, 11) is 0. The molecule has 0 spiro atoms. The van der Waals surface area contributed by atoms with Gasteiger partial charge < -0.3 is 15.4 Å². The zero-order chi connectivity index (χ0) is 13.9. The number of carbonyl (C=O) groups excluding carboxylic acids is 1. The molecule has 4 heteroatoms. The van der Waals surface area contributed by atoms with Crippen molar-refractivity contribution < 1.29 is 9.90 Å². The Morgan fingerprint density at radius 1 is 1.15 bits per heavy atom. The van der Waals surface area contributed by atoms with Crippen molar-refractivity contribution >= 4 is 22.5 Å². The summed E-state index contributed by atoms with van der Waals surface area (Å²) in [6.45, 7) is 0. The van der Waals surface area contributed by atoms with E-state index in [-0.39, 0.29) is 11.7 Å². The van der Waals surface area contributed by atoms with Crippen LogP contribution in [-0.2, 0) is 11.2 Å². The number of amides is 1. The topological polar surface area (TPSA) is 65.1 Å². The van der Waals surface area contributed by atoms with E-state index in [1.807, 2.05) is 30.5 Å². The van der Waals surface area contributed by atoms with Gasteiger partial charge >= 0.3 is 0 Å². The van der Waals surface area contributed by atoms with E-state index in [1.54, 1.807) is 18.2 Å². The number of anilines is 1. The first-order valence-electron chi connectivity index (χ1n) is 6.35. The largest absolute Gasteiger partial charge is 0.508 e. The van der Waals surface area contributed by atoms with Crippen molar-refractivity contribution in [2.75, 3.05) is 5.32 Å². The van der Waals surface area contributed by atoms with Crippen molar-refractivity contribution in [1.29, 1.82) is 0 Å². The third-order valence-electron chi connectivity index (χ3n) is 3.11. The number of aromatic hydroxyl groups is 1. The molecule has 3 N–H and O–H groups in total. The Balaban J connectivity index is 1.72. The maximum absolute atomic E-state index is 12.0. The van der Waals surface area contributed by atoms with E-state index in [9.17, 15) is 9.90 Å². The molecule has 0 bridgehead atoms. The van der Waals surface area contributed by atoms with E-state index in [1.165, 1.54) is 6.07 Å². The molecule has 20 heavy (non-hydrogen) atoms. The van der Waals surface area contributed by atoms with Crippen molar-refractivity contribution in [3.05, 3.63) is 60.3 Å². The van der Waals surface area contributed by atoms with Gasteiger partial charge in [0.25, 0.3) is 0 Å². The fourth-order valence-electron chi connectivity index (χ4n) is 2.19. The normalized spacial score (nSPS) is 10.6. The van der Waals surface area contributed by atoms with Gasteiger partial charge in [0.2, 0.25) is 5.91 Å². The molecule has 4 nitrogen and oxygen atoms in total. The van der Waals surface area contributed by atoms with Crippen LogP contribution >= 0.6 is 0 Å². The number of fused-ring (bicyclic) bond motifs is 1. The Morgan fingerprint density at radius 2 is 2.05 bits per heavy atom. The first kappa shape index (κ1) is 12.3. The summed E-state index contributed by atoms with van der Waals surface area (Å²) in [5.41, 5.74) is 2.61. The molecule has 0 saturated heterocycles. The molecule has 0 radical (unpaired) electrons. The summed E-state index contributed by atoms with van der Waals surface area (Å²) >= 11 is 0. The van der Waals surface area contributed by atoms with Crippen molar-refractivity contribution in [2.45, 2.75) is 6.42 Å². The molecule has 0 aliphatic heterocycles. The lowest BCUT2D eigenvalue weighted by Gasteiger charge is -2.06. The molecule has 0 saturated carbocycles. The summed E-state index contributed by atoms with van der Waals surface area (Å²) in [6.07, 6.45) is 2.18. The van der Waals surface area contributed by atoms with Gasteiger partial charge in [-0.05, 0) is 41.3 Å². The number of carbonyl (C=O) groups is 1. The Kier molecular flexibility index (Phi) is 3.13. The van der Waals surface area contributed by atoms with Crippen LogP contribution in [0.2, 0.25) is 0 Å². The smallest absolute Gasteiger partial charge is 0.228 e. The van der Waals surface area contributed by atoms with Crippen LogP contribution in [0.15, 0.2) is 54.7 Å². The van der Waals surface area contributed by atoms with Gasteiger partial charge in [0.15, 0.2) is 0 Å². The van der Waals surface area contributed by atoms with E-state index in [0.29, 0.717) is 12.1 Å². The Morgan fingerprint density at radius 3 is 2.90 bits per heavy atom. The van der Waals surface area contributed by atoms with Gasteiger partial charge in [0.1, 0.15) is 5.75 Å². The molecule has 0 unspecified atom stereocenters. The second-order valence-corrected chi connectivity index (χ2v) is 4.67. The lowest BCUT2D eigenvalue weighted by atomic mass is 10.1. The number of H-pyrrole nitrogens is 1. The van der Waals surface area contributed by atoms with Gasteiger partial charge in [-0.1, -0.05) is 12.1 Å². The predicted octanol–water partition coefficient (Wildman–Crippen LogP) is 3.05.